The molecular formula is C24H24N2O7. The summed E-state index contributed by atoms with van der Waals surface area (Å²) in [6, 6.07) is 15.6. The third-order valence-electron chi connectivity index (χ3n) is 5.21. The van der Waals surface area contributed by atoms with E-state index in [1.54, 1.807) is 47.6 Å². The highest BCUT2D eigenvalue weighted by Gasteiger charge is 2.52. The Morgan fingerprint density at radius 3 is 2.55 bits per heavy atom. The Morgan fingerprint density at radius 2 is 1.82 bits per heavy atom. The van der Waals surface area contributed by atoms with Gasteiger partial charge in [0.1, 0.15) is 35.7 Å². The summed E-state index contributed by atoms with van der Waals surface area (Å²) in [5.41, 5.74) is 5.07. The van der Waals surface area contributed by atoms with Crippen LogP contribution in [0.5, 0.6) is 5.75 Å². The second-order valence-corrected chi connectivity index (χ2v) is 7.63. The monoisotopic (exact) mass is 452 g/mol. The number of rotatable bonds is 11. The summed E-state index contributed by atoms with van der Waals surface area (Å²) in [6.07, 6.45) is 1.36. The number of primary amides is 1. The van der Waals surface area contributed by atoms with Crippen molar-refractivity contribution in [2.24, 2.45) is 5.73 Å². The van der Waals surface area contributed by atoms with E-state index in [-0.39, 0.29) is 31.9 Å². The molecule has 2 N–H and O–H groups in total. The first-order valence-electron chi connectivity index (χ1n) is 10.6. The van der Waals surface area contributed by atoms with Crippen molar-refractivity contribution in [3.05, 3.63) is 78.1 Å². The van der Waals surface area contributed by atoms with Gasteiger partial charge in [-0.05, 0) is 42.8 Å². The number of para-hydroxylation sites is 1. The summed E-state index contributed by atoms with van der Waals surface area (Å²) in [7, 11) is 0. The molecule has 1 aromatic carbocycles. The number of likely N-dealkylation sites (tertiary alicyclic amines) is 1. The molecule has 9 nitrogen and oxygen atoms in total. The van der Waals surface area contributed by atoms with Crippen molar-refractivity contribution in [2.75, 3.05) is 0 Å². The number of nitrogens with two attached hydrogens (primary N) is 1. The normalized spacial score (nSPS) is 17.5. The molecular weight excluding hydrogens is 428 g/mol. The summed E-state index contributed by atoms with van der Waals surface area (Å²) in [6.45, 7) is 0.217. The van der Waals surface area contributed by atoms with Crippen LogP contribution in [0.1, 0.15) is 42.6 Å². The summed E-state index contributed by atoms with van der Waals surface area (Å²) in [5, 5.41) is 0. The van der Waals surface area contributed by atoms with E-state index in [9.17, 15) is 14.4 Å². The molecule has 1 aliphatic rings. The van der Waals surface area contributed by atoms with Gasteiger partial charge in [0.15, 0.2) is 0 Å². The number of amides is 2. The lowest BCUT2D eigenvalue weighted by Gasteiger charge is -2.44. The first-order chi connectivity index (χ1) is 16.0. The second kappa shape index (κ2) is 10.1. The number of β-lactam (4-membered cyclic amide) rings is 1. The number of hydrogen-bond donors (Lipinski definition) is 1. The molecule has 3 aromatic rings. The zero-order valence-corrected chi connectivity index (χ0v) is 17.8. The highest BCUT2D eigenvalue weighted by atomic mass is 16.5. The third-order valence-corrected chi connectivity index (χ3v) is 5.21. The van der Waals surface area contributed by atoms with Gasteiger partial charge in [-0.3, -0.25) is 14.4 Å². The molecule has 4 rings (SSSR count). The predicted molar refractivity (Wildman–Crippen MR) is 114 cm³/mol. The standard InChI is InChI=1S/C24H24N2O7/c25-20(27)9-4-10-21(28)31-15-18-11-12-19(32-18)22-23(33-16-6-2-1-3-7-16)24(29)26(22)14-17-8-5-13-30-17/h1-3,5-8,11-13,22-23H,4,9-10,14-15H2,(H2,25,27). The zero-order chi connectivity index (χ0) is 23.2. The topological polar surface area (TPSA) is 125 Å². The van der Waals surface area contributed by atoms with Gasteiger partial charge in [0, 0.05) is 12.8 Å². The number of carbonyl (C=O) groups is 3. The van der Waals surface area contributed by atoms with Crippen molar-refractivity contribution < 1.29 is 32.7 Å². The fourth-order valence-electron chi connectivity index (χ4n) is 3.59. The van der Waals surface area contributed by atoms with Gasteiger partial charge < -0.3 is 28.9 Å². The van der Waals surface area contributed by atoms with E-state index < -0.39 is 24.0 Å². The van der Waals surface area contributed by atoms with Crippen LogP contribution in [0, 0.1) is 0 Å². The molecule has 2 unspecified atom stereocenters. The van der Waals surface area contributed by atoms with Crippen LogP contribution in [0.25, 0.3) is 0 Å². The molecule has 0 bridgehead atoms. The molecule has 3 heterocycles. The summed E-state index contributed by atoms with van der Waals surface area (Å²) >= 11 is 0. The fourth-order valence-corrected chi connectivity index (χ4v) is 3.59. The van der Waals surface area contributed by atoms with Crippen LogP contribution < -0.4 is 10.5 Å². The number of esters is 1. The van der Waals surface area contributed by atoms with Crippen molar-refractivity contribution in [1.82, 2.24) is 4.90 Å². The third kappa shape index (κ3) is 5.43. The first-order valence-corrected chi connectivity index (χ1v) is 10.6. The molecule has 1 fully saturated rings. The summed E-state index contributed by atoms with van der Waals surface area (Å²) < 4.78 is 22.4. The Labute approximate surface area is 190 Å². The molecule has 0 saturated carbocycles. The maximum Gasteiger partial charge on any atom is 0.306 e. The summed E-state index contributed by atoms with van der Waals surface area (Å²) in [4.78, 5) is 37.1. The number of hydrogen-bond acceptors (Lipinski definition) is 7. The highest BCUT2D eigenvalue weighted by Crippen LogP contribution is 2.39. The predicted octanol–water partition coefficient (Wildman–Crippen LogP) is 3.10. The van der Waals surface area contributed by atoms with Gasteiger partial charge in [0.25, 0.3) is 5.91 Å². The van der Waals surface area contributed by atoms with Crippen LogP contribution in [-0.4, -0.2) is 28.8 Å². The smallest absolute Gasteiger partial charge is 0.306 e. The minimum atomic E-state index is -0.752. The van der Waals surface area contributed by atoms with E-state index in [4.69, 9.17) is 24.0 Å². The Kier molecular flexibility index (Phi) is 6.77. The lowest BCUT2D eigenvalue weighted by Crippen LogP contribution is -2.60. The van der Waals surface area contributed by atoms with Crippen LogP contribution in [0.2, 0.25) is 0 Å². The lowest BCUT2D eigenvalue weighted by atomic mass is 9.95. The molecule has 9 heteroatoms. The van der Waals surface area contributed by atoms with E-state index in [0.29, 0.717) is 29.5 Å². The fraction of sp³-hybridized carbons (Fsp3) is 0.292. The molecule has 1 aliphatic heterocycles. The molecule has 0 aliphatic carbocycles. The van der Waals surface area contributed by atoms with E-state index >= 15 is 0 Å². The van der Waals surface area contributed by atoms with Crippen molar-refractivity contribution >= 4 is 17.8 Å². The quantitative estimate of drug-likeness (QED) is 0.350. The average Bonchev–Trinajstić information content (AvgIpc) is 3.49. The van der Waals surface area contributed by atoms with Gasteiger partial charge in [-0.25, -0.2) is 0 Å². The molecule has 0 radical (unpaired) electrons. The largest absolute Gasteiger partial charge is 0.478 e. The minimum absolute atomic E-state index is 0.0571. The van der Waals surface area contributed by atoms with Crippen LogP contribution in [0.3, 0.4) is 0 Å². The van der Waals surface area contributed by atoms with Gasteiger partial charge in [0.2, 0.25) is 12.0 Å². The van der Waals surface area contributed by atoms with E-state index in [1.807, 2.05) is 18.2 Å². The number of nitrogens with zero attached hydrogens (tertiary/aromatic N) is 1. The van der Waals surface area contributed by atoms with Crippen LogP contribution in [0.4, 0.5) is 0 Å². The summed E-state index contributed by atoms with van der Waals surface area (Å²) in [5.74, 6) is 1.08. The number of carbonyl (C=O) groups excluding carboxylic acids is 3. The Bertz CT molecular complexity index is 1090. The molecule has 1 saturated heterocycles. The number of ether oxygens (including phenoxy) is 2. The van der Waals surface area contributed by atoms with Crippen LogP contribution >= 0.6 is 0 Å². The zero-order valence-electron chi connectivity index (χ0n) is 17.8. The first kappa shape index (κ1) is 22.2. The van der Waals surface area contributed by atoms with E-state index in [2.05, 4.69) is 0 Å². The Morgan fingerprint density at radius 1 is 1.00 bits per heavy atom. The number of benzene rings is 1. The van der Waals surface area contributed by atoms with Crippen molar-refractivity contribution in [3.63, 3.8) is 0 Å². The lowest BCUT2D eigenvalue weighted by molar-refractivity contribution is -0.167. The van der Waals surface area contributed by atoms with Gasteiger partial charge in [-0.1, -0.05) is 18.2 Å². The van der Waals surface area contributed by atoms with Crippen LogP contribution in [-0.2, 0) is 32.3 Å². The van der Waals surface area contributed by atoms with E-state index in [1.165, 1.54) is 0 Å². The molecule has 172 valence electrons. The molecule has 2 aromatic heterocycles. The van der Waals surface area contributed by atoms with Gasteiger partial charge in [-0.2, -0.15) is 0 Å². The van der Waals surface area contributed by atoms with Crippen molar-refractivity contribution in [2.45, 2.75) is 44.6 Å². The Hall–Kier alpha value is -4.01. The molecule has 33 heavy (non-hydrogen) atoms. The average molecular weight is 452 g/mol. The maximum absolute atomic E-state index is 12.9. The molecule has 0 spiro atoms. The van der Waals surface area contributed by atoms with Crippen molar-refractivity contribution in [3.8, 4) is 5.75 Å². The minimum Gasteiger partial charge on any atom is -0.478 e. The van der Waals surface area contributed by atoms with E-state index in [0.717, 1.165) is 0 Å². The van der Waals surface area contributed by atoms with Gasteiger partial charge >= 0.3 is 5.97 Å². The van der Waals surface area contributed by atoms with Gasteiger partial charge in [0.05, 0.1) is 12.8 Å². The molecule has 2 atom stereocenters. The number of furan rings is 2. The SMILES string of the molecule is NC(=O)CCCC(=O)OCc1ccc(C2C(Oc3ccccc3)C(=O)N2Cc2ccco2)o1. The van der Waals surface area contributed by atoms with Gasteiger partial charge in [-0.15, -0.1) is 0 Å². The molecule has 2 amide bonds. The maximum atomic E-state index is 12.9. The Balaban J connectivity index is 1.43. The van der Waals surface area contributed by atoms with Crippen LogP contribution in [0.15, 0.2) is 69.7 Å². The van der Waals surface area contributed by atoms with Crippen molar-refractivity contribution in [1.29, 1.82) is 0 Å². The highest BCUT2D eigenvalue weighted by molar-refractivity contribution is 5.89. The second-order valence-electron chi connectivity index (χ2n) is 7.63.